The van der Waals surface area contributed by atoms with E-state index >= 15 is 0 Å². The van der Waals surface area contributed by atoms with Crippen LogP contribution in [0.4, 0.5) is 0 Å². The fourth-order valence-corrected chi connectivity index (χ4v) is 3.58. The second kappa shape index (κ2) is 8.39. The Morgan fingerprint density at radius 3 is 2.37 bits per heavy atom. The summed E-state index contributed by atoms with van der Waals surface area (Å²) >= 11 is 0. The molecule has 2 heterocycles. The number of benzene rings is 1. The third kappa shape index (κ3) is 4.22. The number of H-pyrrole nitrogens is 1. The fourth-order valence-electron chi connectivity index (χ4n) is 3.58. The second-order valence-corrected chi connectivity index (χ2v) is 6.90. The lowest BCUT2D eigenvalue weighted by molar-refractivity contribution is 0.0525. The Balaban J connectivity index is 1.64. The monoisotopic (exact) mass is 369 g/mol. The van der Waals surface area contributed by atoms with E-state index in [-0.39, 0.29) is 11.9 Å². The molecule has 1 fully saturated rings. The van der Waals surface area contributed by atoms with Crippen molar-refractivity contribution in [3.05, 3.63) is 58.4 Å². The normalized spacial score (nSPS) is 15.0. The summed E-state index contributed by atoms with van der Waals surface area (Å²) in [5.74, 6) is -0.430. The first-order chi connectivity index (χ1) is 13.0. The highest BCUT2D eigenvalue weighted by Crippen LogP contribution is 2.21. The SMILES string of the molecule is CCOC(=O)c1c(C)[nH]c(C(=O)N2CCN(Cc3ccccc3)CC2)c1C. The summed E-state index contributed by atoms with van der Waals surface area (Å²) in [7, 11) is 0. The summed E-state index contributed by atoms with van der Waals surface area (Å²) in [5.41, 5.74) is 3.60. The van der Waals surface area contributed by atoms with Crippen molar-refractivity contribution in [1.29, 1.82) is 0 Å². The minimum atomic E-state index is -0.379. The highest BCUT2D eigenvalue weighted by molar-refractivity contribution is 6.00. The van der Waals surface area contributed by atoms with E-state index in [0.29, 0.717) is 42.2 Å². The van der Waals surface area contributed by atoms with Crippen molar-refractivity contribution in [1.82, 2.24) is 14.8 Å². The Hall–Kier alpha value is -2.60. The van der Waals surface area contributed by atoms with E-state index in [0.717, 1.165) is 19.6 Å². The molecule has 144 valence electrons. The largest absolute Gasteiger partial charge is 0.462 e. The van der Waals surface area contributed by atoms with E-state index in [1.807, 2.05) is 23.1 Å². The maximum atomic E-state index is 13.0. The van der Waals surface area contributed by atoms with Crippen LogP contribution in [0.3, 0.4) is 0 Å². The topological polar surface area (TPSA) is 65.6 Å². The third-order valence-electron chi connectivity index (χ3n) is 5.04. The minimum Gasteiger partial charge on any atom is -0.462 e. The molecule has 0 aliphatic carbocycles. The van der Waals surface area contributed by atoms with Crippen LogP contribution in [0.2, 0.25) is 0 Å². The summed E-state index contributed by atoms with van der Waals surface area (Å²) in [6.45, 7) is 9.62. The average molecular weight is 369 g/mol. The second-order valence-electron chi connectivity index (χ2n) is 6.90. The van der Waals surface area contributed by atoms with Gasteiger partial charge in [0.05, 0.1) is 12.2 Å². The van der Waals surface area contributed by atoms with Crippen LogP contribution in [0.25, 0.3) is 0 Å². The van der Waals surface area contributed by atoms with Crippen molar-refractivity contribution in [2.24, 2.45) is 0 Å². The molecule has 3 rings (SSSR count). The van der Waals surface area contributed by atoms with Gasteiger partial charge in [-0.25, -0.2) is 4.79 Å². The van der Waals surface area contributed by atoms with Crippen LogP contribution in [0.5, 0.6) is 0 Å². The number of aromatic nitrogens is 1. The molecular weight excluding hydrogens is 342 g/mol. The first kappa shape index (κ1) is 19.2. The van der Waals surface area contributed by atoms with Crippen LogP contribution < -0.4 is 0 Å². The molecule has 0 radical (unpaired) electrons. The van der Waals surface area contributed by atoms with Gasteiger partial charge in [-0.15, -0.1) is 0 Å². The van der Waals surface area contributed by atoms with Gasteiger partial charge in [0, 0.05) is 38.4 Å². The lowest BCUT2D eigenvalue weighted by Gasteiger charge is -2.34. The van der Waals surface area contributed by atoms with Crippen LogP contribution >= 0.6 is 0 Å². The van der Waals surface area contributed by atoms with Gasteiger partial charge in [0.25, 0.3) is 5.91 Å². The molecule has 1 aromatic carbocycles. The number of hydrogen-bond acceptors (Lipinski definition) is 4. The number of carbonyl (C=O) groups excluding carboxylic acids is 2. The Bertz CT molecular complexity index is 806. The van der Waals surface area contributed by atoms with E-state index in [1.54, 1.807) is 20.8 Å². The summed E-state index contributed by atoms with van der Waals surface area (Å²) in [5, 5.41) is 0. The van der Waals surface area contributed by atoms with Gasteiger partial charge < -0.3 is 14.6 Å². The standard InChI is InChI=1S/C21H27N3O3/c1-4-27-21(26)18-15(2)19(22-16(18)3)20(25)24-12-10-23(11-13-24)14-17-8-6-5-7-9-17/h5-9,22H,4,10-14H2,1-3H3. The number of carbonyl (C=O) groups is 2. The quantitative estimate of drug-likeness (QED) is 0.823. The molecule has 2 aromatic rings. The van der Waals surface area contributed by atoms with Gasteiger partial charge in [-0.1, -0.05) is 30.3 Å². The molecule has 1 saturated heterocycles. The van der Waals surface area contributed by atoms with E-state index < -0.39 is 0 Å². The van der Waals surface area contributed by atoms with Gasteiger partial charge in [-0.2, -0.15) is 0 Å². The maximum Gasteiger partial charge on any atom is 0.340 e. The number of rotatable bonds is 5. The molecule has 0 atom stereocenters. The Morgan fingerprint density at radius 1 is 1.07 bits per heavy atom. The number of aromatic amines is 1. The van der Waals surface area contributed by atoms with Crippen LogP contribution in [0.1, 0.15) is 44.6 Å². The highest BCUT2D eigenvalue weighted by atomic mass is 16.5. The molecule has 1 aliphatic rings. The highest BCUT2D eigenvalue weighted by Gasteiger charge is 2.28. The number of nitrogens with zero attached hydrogens (tertiary/aromatic N) is 2. The van der Waals surface area contributed by atoms with E-state index in [4.69, 9.17) is 4.74 Å². The minimum absolute atomic E-state index is 0.0505. The van der Waals surface area contributed by atoms with Crippen molar-refractivity contribution < 1.29 is 14.3 Å². The first-order valence-electron chi connectivity index (χ1n) is 9.43. The molecule has 0 unspecified atom stereocenters. The van der Waals surface area contributed by atoms with Gasteiger partial charge in [-0.3, -0.25) is 9.69 Å². The average Bonchev–Trinajstić information content (AvgIpc) is 2.97. The third-order valence-corrected chi connectivity index (χ3v) is 5.04. The molecule has 1 amide bonds. The van der Waals surface area contributed by atoms with Crippen LogP contribution in [-0.4, -0.2) is 59.4 Å². The zero-order valence-corrected chi connectivity index (χ0v) is 16.2. The van der Waals surface area contributed by atoms with Gasteiger partial charge in [-0.05, 0) is 31.9 Å². The zero-order chi connectivity index (χ0) is 19.4. The molecule has 0 bridgehead atoms. The van der Waals surface area contributed by atoms with Crippen molar-refractivity contribution >= 4 is 11.9 Å². The number of aryl methyl sites for hydroxylation is 1. The van der Waals surface area contributed by atoms with Crippen LogP contribution in [0.15, 0.2) is 30.3 Å². The number of hydrogen-bond donors (Lipinski definition) is 1. The van der Waals surface area contributed by atoms with Crippen molar-refractivity contribution in [2.45, 2.75) is 27.3 Å². The molecule has 0 saturated carbocycles. The van der Waals surface area contributed by atoms with Crippen LogP contribution in [0, 0.1) is 13.8 Å². The van der Waals surface area contributed by atoms with E-state index in [9.17, 15) is 9.59 Å². The smallest absolute Gasteiger partial charge is 0.340 e. The Labute approximate surface area is 160 Å². The fraction of sp³-hybridized carbons (Fsp3) is 0.429. The molecule has 6 heteroatoms. The zero-order valence-electron chi connectivity index (χ0n) is 16.2. The van der Waals surface area contributed by atoms with E-state index in [2.05, 4.69) is 22.0 Å². The molecule has 6 nitrogen and oxygen atoms in total. The predicted octanol–water partition coefficient (Wildman–Crippen LogP) is 2.77. The molecule has 1 aromatic heterocycles. The number of ether oxygens (including phenoxy) is 1. The van der Waals surface area contributed by atoms with Gasteiger partial charge in [0.15, 0.2) is 0 Å². The van der Waals surface area contributed by atoms with Gasteiger partial charge in [0.1, 0.15) is 5.69 Å². The van der Waals surface area contributed by atoms with Gasteiger partial charge >= 0.3 is 5.97 Å². The summed E-state index contributed by atoms with van der Waals surface area (Å²) in [6.07, 6.45) is 0. The maximum absolute atomic E-state index is 13.0. The lowest BCUT2D eigenvalue weighted by Crippen LogP contribution is -2.48. The van der Waals surface area contributed by atoms with Crippen molar-refractivity contribution in [2.75, 3.05) is 32.8 Å². The summed E-state index contributed by atoms with van der Waals surface area (Å²) in [6, 6.07) is 10.4. The summed E-state index contributed by atoms with van der Waals surface area (Å²) in [4.78, 5) is 32.4. The van der Waals surface area contributed by atoms with Crippen molar-refractivity contribution in [3.8, 4) is 0 Å². The van der Waals surface area contributed by atoms with Crippen molar-refractivity contribution in [3.63, 3.8) is 0 Å². The number of amides is 1. The molecular formula is C21H27N3O3. The Morgan fingerprint density at radius 2 is 1.74 bits per heavy atom. The number of esters is 1. The summed E-state index contributed by atoms with van der Waals surface area (Å²) < 4.78 is 5.11. The first-order valence-corrected chi connectivity index (χ1v) is 9.43. The van der Waals surface area contributed by atoms with E-state index in [1.165, 1.54) is 5.56 Å². The Kier molecular flexibility index (Phi) is 5.96. The molecule has 0 spiro atoms. The van der Waals surface area contributed by atoms with Gasteiger partial charge in [0.2, 0.25) is 0 Å². The molecule has 1 aliphatic heterocycles. The van der Waals surface area contributed by atoms with Crippen LogP contribution in [-0.2, 0) is 11.3 Å². The predicted molar refractivity (Wildman–Crippen MR) is 104 cm³/mol. The number of piperazine rings is 1. The number of nitrogens with one attached hydrogen (secondary N) is 1. The molecule has 27 heavy (non-hydrogen) atoms. The molecule has 1 N–H and O–H groups in total. The lowest BCUT2D eigenvalue weighted by atomic mass is 10.1.